The van der Waals surface area contributed by atoms with Crippen molar-refractivity contribution in [2.45, 2.75) is 13.3 Å². The first kappa shape index (κ1) is 13.3. The maximum Gasteiger partial charge on any atom is 0.231 e. The van der Waals surface area contributed by atoms with Gasteiger partial charge in [-0.25, -0.2) is 4.39 Å². The Morgan fingerprint density at radius 3 is 2.81 bits per heavy atom. The Hall–Kier alpha value is -2.69. The first-order valence-electron chi connectivity index (χ1n) is 6.55. The van der Waals surface area contributed by atoms with E-state index in [1.165, 1.54) is 12.1 Å². The van der Waals surface area contributed by atoms with Gasteiger partial charge in [0.2, 0.25) is 11.7 Å². The molecule has 0 radical (unpaired) electrons. The predicted octanol–water partition coefficient (Wildman–Crippen LogP) is 3.36. The molecule has 2 aromatic carbocycles. The van der Waals surface area contributed by atoms with E-state index in [0.29, 0.717) is 29.4 Å². The summed E-state index contributed by atoms with van der Waals surface area (Å²) >= 11 is 0. The summed E-state index contributed by atoms with van der Waals surface area (Å²) in [7, 11) is 0. The molecule has 0 aliphatic heterocycles. The van der Waals surface area contributed by atoms with E-state index in [1.807, 2.05) is 37.3 Å². The Balaban J connectivity index is 1.86. The van der Waals surface area contributed by atoms with Crippen LogP contribution in [0.2, 0.25) is 0 Å². The lowest BCUT2D eigenvalue weighted by Gasteiger charge is -1.98. The molecule has 0 aliphatic carbocycles. The van der Waals surface area contributed by atoms with Gasteiger partial charge in [0, 0.05) is 11.3 Å². The summed E-state index contributed by atoms with van der Waals surface area (Å²) in [6, 6.07) is 12.1. The molecule has 106 valence electrons. The monoisotopic (exact) mass is 283 g/mol. The molecule has 1 heterocycles. The van der Waals surface area contributed by atoms with E-state index in [4.69, 9.17) is 10.3 Å². The van der Waals surface area contributed by atoms with Crippen LogP contribution in [0.15, 0.2) is 47.0 Å². The standard InChI is InChI=1S/C16H14FN3O/c1-10-5-12(9-13(17)6-10)16-19-15(21-20-16)8-11-3-2-4-14(18)7-11/h2-7,9H,8,18H2,1H3. The number of nitrogens with two attached hydrogens (primary N) is 1. The summed E-state index contributed by atoms with van der Waals surface area (Å²) in [6.07, 6.45) is 0.492. The molecule has 4 nitrogen and oxygen atoms in total. The highest BCUT2D eigenvalue weighted by Crippen LogP contribution is 2.20. The molecule has 0 saturated carbocycles. The number of rotatable bonds is 3. The average molecular weight is 283 g/mol. The Morgan fingerprint density at radius 1 is 1.19 bits per heavy atom. The van der Waals surface area contributed by atoms with E-state index < -0.39 is 0 Å². The van der Waals surface area contributed by atoms with Crippen LogP contribution in [0.4, 0.5) is 10.1 Å². The molecule has 21 heavy (non-hydrogen) atoms. The van der Waals surface area contributed by atoms with Crippen LogP contribution >= 0.6 is 0 Å². The summed E-state index contributed by atoms with van der Waals surface area (Å²) in [5.41, 5.74) is 8.83. The van der Waals surface area contributed by atoms with Crippen LogP contribution < -0.4 is 5.73 Å². The molecule has 0 saturated heterocycles. The summed E-state index contributed by atoms with van der Waals surface area (Å²) in [5, 5.41) is 3.90. The van der Waals surface area contributed by atoms with Gasteiger partial charge in [0.15, 0.2) is 0 Å². The molecule has 0 unspecified atom stereocenters. The smallest absolute Gasteiger partial charge is 0.231 e. The van der Waals surface area contributed by atoms with Crippen molar-refractivity contribution in [1.29, 1.82) is 0 Å². The lowest BCUT2D eigenvalue weighted by molar-refractivity contribution is 0.385. The van der Waals surface area contributed by atoms with Crippen molar-refractivity contribution in [1.82, 2.24) is 10.1 Å². The zero-order valence-electron chi connectivity index (χ0n) is 11.5. The minimum atomic E-state index is -0.313. The second kappa shape index (κ2) is 5.36. The molecule has 3 aromatic rings. The Bertz CT molecular complexity index is 762. The van der Waals surface area contributed by atoms with Crippen molar-refractivity contribution in [3.63, 3.8) is 0 Å². The molecule has 0 aliphatic rings. The van der Waals surface area contributed by atoms with Crippen LogP contribution in [0.1, 0.15) is 17.0 Å². The molecule has 0 bridgehead atoms. The van der Waals surface area contributed by atoms with E-state index in [-0.39, 0.29) is 5.82 Å². The normalized spacial score (nSPS) is 10.8. The zero-order valence-corrected chi connectivity index (χ0v) is 11.5. The van der Waals surface area contributed by atoms with Crippen molar-refractivity contribution in [2.24, 2.45) is 0 Å². The van der Waals surface area contributed by atoms with Crippen LogP contribution in [0.3, 0.4) is 0 Å². The number of halogens is 1. The summed E-state index contributed by atoms with van der Waals surface area (Å²) in [6.45, 7) is 1.82. The topological polar surface area (TPSA) is 64.9 Å². The number of benzene rings is 2. The molecule has 2 N–H and O–H groups in total. The lowest BCUT2D eigenvalue weighted by atomic mass is 10.1. The number of aromatic nitrogens is 2. The van der Waals surface area contributed by atoms with E-state index in [1.54, 1.807) is 0 Å². The van der Waals surface area contributed by atoms with Gasteiger partial charge in [-0.3, -0.25) is 0 Å². The zero-order chi connectivity index (χ0) is 14.8. The molecule has 1 aromatic heterocycles. The molecule has 0 spiro atoms. The summed E-state index contributed by atoms with van der Waals surface area (Å²) < 4.78 is 18.6. The minimum absolute atomic E-state index is 0.313. The first-order chi connectivity index (χ1) is 10.1. The van der Waals surface area contributed by atoms with Gasteiger partial charge in [-0.1, -0.05) is 17.3 Å². The number of aryl methyl sites for hydroxylation is 1. The van der Waals surface area contributed by atoms with Gasteiger partial charge in [0.05, 0.1) is 6.42 Å². The maximum atomic E-state index is 13.4. The third kappa shape index (κ3) is 3.08. The predicted molar refractivity (Wildman–Crippen MR) is 78.1 cm³/mol. The number of hydrogen-bond donors (Lipinski definition) is 1. The Morgan fingerprint density at radius 2 is 2.05 bits per heavy atom. The molecule has 0 amide bonds. The van der Waals surface area contributed by atoms with Crippen molar-refractivity contribution >= 4 is 5.69 Å². The van der Waals surface area contributed by atoms with E-state index in [2.05, 4.69) is 10.1 Å². The fourth-order valence-electron chi connectivity index (χ4n) is 2.19. The summed E-state index contributed by atoms with van der Waals surface area (Å²) in [5.74, 6) is 0.543. The number of anilines is 1. The lowest BCUT2D eigenvalue weighted by Crippen LogP contribution is -1.91. The van der Waals surface area contributed by atoms with Gasteiger partial charge >= 0.3 is 0 Å². The quantitative estimate of drug-likeness (QED) is 0.748. The van der Waals surface area contributed by atoms with Crippen LogP contribution in [0, 0.1) is 12.7 Å². The van der Waals surface area contributed by atoms with E-state index in [0.717, 1.165) is 11.1 Å². The highest BCUT2D eigenvalue weighted by atomic mass is 19.1. The van der Waals surface area contributed by atoms with Gasteiger partial charge in [-0.05, 0) is 48.4 Å². The van der Waals surface area contributed by atoms with Crippen molar-refractivity contribution in [2.75, 3.05) is 5.73 Å². The van der Waals surface area contributed by atoms with Crippen LogP contribution in [-0.4, -0.2) is 10.1 Å². The second-order valence-corrected chi connectivity index (χ2v) is 4.95. The third-order valence-corrected chi connectivity index (χ3v) is 3.07. The van der Waals surface area contributed by atoms with Crippen molar-refractivity contribution < 1.29 is 8.91 Å². The summed E-state index contributed by atoms with van der Waals surface area (Å²) in [4.78, 5) is 4.30. The molecular formula is C16H14FN3O. The van der Waals surface area contributed by atoms with E-state index >= 15 is 0 Å². The van der Waals surface area contributed by atoms with Gasteiger partial charge in [-0.15, -0.1) is 0 Å². The van der Waals surface area contributed by atoms with Crippen LogP contribution in [0.25, 0.3) is 11.4 Å². The Labute approximate surface area is 121 Å². The molecule has 5 heteroatoms. The van der Waals surface area contributed by atoms with Gasteiger partial charge in [0.25, 0.3) is 0 Å². The second-order valence-electron chi connectivity index (χ2n) is 4.95. The highest BCUT2D eigenvalue weighted by Gasteiger charge is 2.10. The van der Waals surface area contributed by atoms with Crippen molar-refractivity contribution in [3.05, 3.63) is 65.3 Å². The van der Waals surface area contributed by atoms with Crippen LogP contribution in [-0.2, 0) is 6.42 Å². The van der Waals surface area contributed by atoms with Gasteiger partial charge in [0.1, 0.15) is 5.82 Å². The van der Waals surface area contributed by atoms with Gasteiger partial charge < -0.3 is 10.3 Å². The number of nitrogens with zero attached hydrogens (tertiary/aromatic N) is 2. The SMILES string of the molecule is Cc1cc(F)cc(-c2noc(Cc3cccc(N)c3)n2)c1. The van der Waals surface area contributed by atoms with Crippen molar-refractivity contribution in [3.8, 4) is 11.4 Å². The van der Waals surface area contributed by atoms with Gasteiger partial charge in [-0.2, -0.15) is 4.98 Å². The molecular weight excluding hydrogens is 269 g/mol. The molecule has 0 atom stereocenters. The minimum Gasteiger partial charge on any atom is -0.399 e. The van der Waals surface area contributed by atoms with E-state index in [9.17, 15) is 4.39 Å². The Kier molecular flexibility index (Phi) is 3.39. The van der Waals surface area contributed by atoms with Crippen LogP contribution in [0.5, 0.6) is 0 Å². The largest absolute Gasteiger partial charge is 0.399 e. The number of nitrogen functional groups attached to an aromatic ring is 1. The first-order valence-corrected chi connectivity index (χ1v) is 6.55. The number of hydrogen-bond acceptors (Lipinski definition) is 4. The molecule has 0 fully saturated rings. The third-order valence-electron chi connectivity index (χ3n) is 3.07. The fourth-order valence-corrected chi connectivity index (χ4v) is 2.19. The fraction of sp³-hybridized carbons (Fsp3) is 0.125. The maximum absolute atomic E-state index is 13.4. The average Bonchev–Trinajstić information content (AvgIpc) is 2.86. The molecule has 3 rings (SSSR count). The highest BCUT2D eigenvalue weighted by molar-refractivity contribution is 5.55.